The predicted octanol–water partition coefficient (Wildman–Crippen LogP) is 4.04. The lowest BCUT2D eigenvalue weighted by Crippen LogP contribution is -2.23. The maximum absolute atomic E-state index is 10.9. The fraction of sp³-hybridized carbons (Fsp3) is 0.562. The van der Waals surface area contributed by atoms with Gasteiger partial charge >= 0.3 is 5.97 Å². The first kappa shape index (κ1) is 14.7. The van der Waals surface area contributed by atoms with E-state index in [2.05, 4.69) is 45.9 Å². The van der Waals surface area contributed by atoms with E-state index in [4.69, 9.17) is 5.11 Å². The summed E-state index contributed by atoms with van der Waals surface area (Å²) in [5.41, 5.74) is 3.38. The quantitative estimate of drug-likeness (QED) is 0.876. The molecule has 1 rings (SSSR count). The Morgan fingerprint density at radius 1 is 1.17 bits per heavy atom. The largest absolute Gasteiger partial charge is 0.481 e. The van der Waals surface area contributed by atoms with Crippen LogP contribution in [0.2, 0.25) is 0 Å². The summed E-state index contributed by atoms with van der Waals surface area (Å²) in [6, 6.07) is 6.38. The maximum atomic E-state index is 10.9. The van der Waals surface area contributed by atoms with Crippen LogP contribution in [0.15, 0.2) is 18.2 Å². The lowest BCUT2D eigenvalue weighted by molar-refractivity contribution is -0.138. The molecule has 0 radical (unpaired) electrons. The molecule has 0 bridgehead atoms. The molecule has 0 spiro atoms. The summed E-state index contributed by atoms with van der Waals surface area (Å²) in [5, 5.41) is 8.99. The fourth-order valence-electron chi connectivity index (χ4n) is 2.36. The van der Waals surface area contributed by atoms with Crippen molar-refractivity contribution in [2.45, 2.75) is 58.8 Å². The Morgan fingerprint density at radius 2 is 1.72 bits per heavy atom. The first-order valence-electron chi connectivity index (χ1n) is 6.37. The maximum Gasteiger partial charge on any atom is 0.304 e. The number of carboxylic acids is 1. The summed E-state index contributed by atoms with van der Waals surface area (Å²) in [4.78, 5) is 10.9. The van der Waals surface area contributed by atoms with E-state index in [1.54, 1.807) is 0 Å². The van der Waals surface area contributed by atoms with Crippen LogP contribution in [0.3, 0.4) is 0 Å². The molecule has 18 heavy (non-hydrogen) atoms. The number of hydrogen-bond donors (Lipinski definition) is 1. The topological polar surface area (TPSA) is 37.3 Å². The minimum Gasteiger partial charge on any atom is -0.481 e. The van der Waals surface area contributed by atoms with Crippen LogP contribution >= 0.6 is 0 Å². The lowest BCUT2D eigenvalue weighted by Gasteiger charge is -2.27. The van der Waals surface area contributed by atoms with Crippen molar-refractivity contribution in [3.8, 4) is 0 Å². The van der Waals surface area contributed by atoms with Gasteiger partial charge in [0, 0.05) is 5.41 Å². The monoisotopic (exact) mass is 248 g/mol. The predicted molar refractivity (Wildman–Crippen MR) is 75.2 cm³/mol. The molecule has 1 aromatic carbocycles. The first-order chi connectivity index (χ1) is 8.04. The van der Waals surface area contributed by atoms with Crippen molar-refractivity contribution in [1.29, 1.82) is 0 Å². The van der Waals surface area contributed by atoms with Crippen LogP contribution in [0.4, 0.5) is 0 Å². The number of benzene rings is 1. The van der Waals surface area contributed by atoms with E-state index in [-0.39, 0.29) is 17.3 Å². The summed E-state index contributed by atoms with van der Waals surface area (Å²) < 4.78 is 0. The molecule has 0 aliphatic heterocycles. The molecule has 100 valence electrons. The van der Waals surface area contributed by atoms with E-state index >= 15 is 0 Å². The highest BCUT2D eigenvalue weighted by Gasteiger charge is 2.26. The second-order valence-corrected chi connectivity index (χ2v) is 6.73. The number of aryl methyl sites for hydroxylation is 1. The highest BCUT2D eigenvalue weighted by atomic mass is 16.4. The molecular formula is C16H24O2. The molecule has 0 saturated heterocycles. The zero-order valence-electron chi connectivity index (χ0n) is 12.3. The smallest absolute Gasteiger partial charge is 0.304 e. The molecule has 0 unspecified atom stereocenters. The molecule has 0 amide bonds. The summed E-state index contributed by atoms with van der Waals surface area (Å²) in [5.74, 6) is -0.751. The molecule has 0 aliphatic rings. The molecular weight excluding hydrogens is 224 g/mol. The molecule has 1 aromatic rings. The summed E-state index contributed by atoms with van der Waals surface area (Å²) in [6.07, 6.45) is 0.155. The molecule has 0 heterocycles. The molecule has 1 N–H and O–H groups in total. The third-order valence-electron chi connectivity index (χ3n) is 3.41. The van der Waals surface area contributed by atoms with Gasteiger partial charge < -0.3 is 5.11 Å². The highest BCUT2D eigenvalue weighted by molar-refractivity contribution is 5.69. The van der Waals surface area contributed by atoms with E-state index in [1.807, 2.05) is 13.8 Å². The average Bonchev–Trinajstić information content (AvgIpc) is 2.13. The van der Waals surface area contributed by atoms with Crippen LogP contribution in [0.5, 0.6) is 0 Å². The molecule has 0 atom stereocenters. The van der Waals surface area contributed by atoms with Gasteiger partial charge in [0.1, 0.15) is 0 Å². The second kappa shape index (κ2) is 4.75. The fourth-order valence-corrected chi connectivity index (χ4v) is 2.36. The van der Waals surface area contributed by atoms with Crippen LogP contribution < -0.4 is 0 Å². The molecule has 0 fully saturated rings. The lowest BCUT2D eigenvalue weighted by atomic mass is 9.77. The van der Waals surface area contributed by atoms with Gasteiger partial charge in [0.15, 0.2) is 0 Å². The molecule has 2 nitrogen and oxygen atoms in total. The van der Waals surface area contributed by atoms with Gasteiger partial charge in [-0.25, -0.2) is 0 Å². The van der Waals surface area contributed by atoms with E-state index in [9.17, 15) is 4.79 Å². The Morgan fingerprint density at radius 3 is 2.11 bits per heavy atom. The number of carboxylic acid groups (broad SMARTS) is 1. The normalized spacial score (nSPS) is 12.6. The number of hydrogen-bond acceptors (Lipinski definition) is 1. The third kappa shape index (κ3) is 3.34. The van der Waals surface area contributed by atoms with Crippen LogP contribution in [0.25, 0.3) is 0 Å². The zero-order valence-corrected chi connectivity index (χ0v) is 12.3. The van der Waals surface area contributed by atoms with Crippen molar-refractivity contribution in [2.24, 2.45) is 0 Å². The van der Waals surface area contributed by atoms with Crippen molar-refractivity contribution >= 4 is 5.97 Å². The van der Waals surface area contributed by atoms with Crippen molar-refractivity contribution in [3.05, 3.63) is 34.9 Å². The van der Waals surface area contributed by atoms with Crippen molar-refractivity contribution in [1.82, 2.24) is 0 Å². The Kier molecular flexibility index (Phi) is 3.89. The van der Waals surface area contributed by atoms with Crippen LogP contribution in [-0.2, 0) is 15.6 Å². The van der Waals surface area contributed by atoms with Gasteiger partial charge in [-0.15, -0.1) is 0 Å². The molecule has 0 saturated carbocycles. The number of rotatable bonds is 3. The van der Waals surface area contributed by atoms with E-state index in [1.165, 1.54) is 11.1 Å². The van der Waals surface area contributed by atoms with Gasteiger partial charge in [-0.2, -0.15) is 0 Å². The first-order valence-corrected chi connectivity index (χ1v) is 6.37. The van der Waals surface area contributed by atoms with E-state index in [0.29, 0.717) is 0 Å². The van der Waals surface area contributed by atoms with Crippen molar-refractivity contribution in [3.63, 3.8) is 0 Å². The Balaban J connectivity index is 3.17. The SMILES string of the molecule is Cc1cc(C(C)(C)C)ccc1C(C)(C)CC(=O)O. The molecule has 0 aromatic heterocycles. The Bertz CT molecular complexity index is 451. The highest BCUT2D eigenvalue weighted by Crippen LogP contribution is 2.32. The van der Waals surface area contributed by atoms with Crippen LogP contribution in [-0.4, -0.2) is 11.1 Å². The van der Waals surface area contributed by atoms with Gasteiger partial charge in [-0.3, -0.25) is 4.79 Å². The minimum atomic E-state index is -0.751. The summed E-state index contributed by atoms with van der Waals surface area (Å²) in [7, 11) is 0. The average molecular weight is 248 g/mol. The van der Waals surface area contributed by atoms with E-state index in [0.717, 1.165) is 5.56 Å². The minimum absolute atomic E-state index is 0.125. The standard InChI is InChI=1S/C16H24O2/c1-11-9-12(15(2,3)4)7-8-13(11)16(5,6)10-14(17)18/h7-9H,10H2,1-6H3,(H,17,18). The van der Waals surface area contributed by atoms with Gasteiger partial charge in [-0.05, 0) is 29.0 Å². The van der Waals surface area contributed by atoms with E-state index < -0.39 is 5.97 Å². The second-order valence-electron chi connectivity index (χ2n) is 6.73. The molecule has 2 heteroatoms. The zero-order chi connectivity index (χ0) is 14.1. The van der Waals surface area contributed by atoms with Gasteiger partial charge in [0.25, 0.3) is 0 Å². The third-order valence-corrected chi connectivity index (χ3v) is 3.41. The van der Waals surface area contributed by atoms with Gasteiger partial charge in [0.2, 0.25) is 0 Å². The molecule has 0 aliphatic carbocycles. The van der Waals surface area contributed by atoms with Crippen molar-refractivity contribution in [2.75, 3.05) is 0 Å². The Hall–Kier alpha value is -1.31. The van der Waals surface area contributed by atoms with Crippen molar-refractivity contribution < 1.29 is 9.90 Å². The van der Waals surface area contributed by atoms with Gasteiger partial charge in [0.05, 0.1) is 6.42 Å². The van der Waals surface area contributed by atoms with Crippen LogP contribution in [0, 0.1) is 6.92 Å². The van der Waals surface area contributed by atoms with Crippen LogP contribution in [0.1, 0.15) is 57.7 Å². The Labute approximate surface area is 110 Å². The number of carbonyl (C=O) groups is 1. The summed E-state index contributed by atoms with van der Waals surface area (Å²) >= 11 is 0. The summed E-state index contributed by atoms with van der Waals surface area (Å²) in [6.45, 7) is 12.6. The number of aliphatic carboxylic acids is 1. The van der Waals surface area contributed by atoms with Gasteiger partial charge in [-0.1, -0.05) is 52.8 Å².